The molecule has 1 aliphatic rings. The highest BCUT2D eigenvalue weighted by molar-refractivity contribution is 6.07. The van der Waals surface area contributed by atoms with Gasteiger partial charge in [0.05, 0.1) is 5.56 Å². The average Bonchev–Trinajstić information content (AvgIpc) is 3.16. The second-order valence-corrected chi connectivity index (χ2v) is 8.12. The van der Waals surface area contributed by atoms with Gasteiger partial charge >= 0.3 is 0 Å². The van der Waals surface area contributed by atoms with E-state index in [1.807, 2.05) is 11.0 Å². The third-order valence-corrected chi connectivity index (χ3v) is 6.24. The predicted molar refractivity (Wildman–Crippen MR) is 119 cm³/mol. The van der Waals surface area contributed by atoms with E-state index in [-0.39, 0.29) is 5.91 Å². The second kappa shape index (κ2) is 8.83. The van der Waals surface area contributed by atoms with Crippen LogP contribution in [0.2, 0.25) is 0 Å². The number of hydrogen-bond acceptors (Lipinski definition) is 2. The van der Waals surface area contributed by atoms with Gasteiger partial charge in [0.2, 0.25) is 0 Å². The topological polar surface area (TPSA) is 51.3 Å². The largest absolute Gasteiger partial charge is 0.347 e. The Morgan fingerprint density at radius 3 is 2.48 bits per heavy atom. The third kappa shape index (κ3) is 4.08. The van der Waals surface area contributed by atoms with Gasteiger partial charge in [0.25, 0.3) is 5.91 Å². The maximum atomic E-state index is 13.3. The number of piperidine rings is 1. The van der Waals surface area contributed by atoms with Crippen LogP contribution in [0, 0.1) is 0 Å². The summed E-state index contributed by atoms with van der Waals surface area (Å²) in [6, 6.07) is 16.9. The minimum atomic E-state index is 0.174. The number of carbonyl (C=O) groups is 1. The molecule has 0 spiro atoms. The van der Waals surface area contributed by atoms with Crippen LogP contribution >= 0.6 is 0 Å². The van der Waals surface area contributed by atoms with Gasteiger partial charge in [-0.05, 0) is 42.4 Å². The molecule has 0 saturated carbocycles. The lowest BCUT2D eigenvalue weighted by Crippen LogP contribution is -2.37. The summed E-state index contributed by atoms with van der Waals surface area (Å²) in [5, 5.41) is 1.08. The molecule has 0 atom stereocenters. The molecule has 4 heteroatoms. The van der Waals surface area contributed by atoms with Crippen molar-refractivity contribution >= 4 is 16.8 Å². The van der Waals surface area contributed by atoms with Gasteiger partial charge in [0.1, 0.15) is 0 Å². The van der Waals surface area contributed by atoms with Crippen LogP contribution in [0.4, 0.5) is 0 Å². The van der Waals surface area contributed by atoms with Gasteiger partial charge in [-0.1, -0.05) is 55.8 Å². The number of hydrogen-bond donors (Lipinski definition) is 1. The van der Waals surface area contributed by atoms with Crippen LogP contribution in [0.3, 0.4) is 0 Å². The van der Waals surface area contributed by atoms with E-state index in [0.717, 1.165) is 56.3 Å². The van der Waals surface area contributed by atoms with E-state index in [2.05, 4.69) is 60.2 Å². The van der Waals surface area contributed by atoms with E-state index in [1.165, 1.54) is 16.6 Å². The molecular formula is C25H31N3O. The zero-order valence-electron chi connectivity index (χ0n) is 17.3. The number of fused-ring (bicyclic) bond motifs is 1. The molecule has 4 nitrogen and oxygen atoms in total. The summed E-state index contributed by atoms with van der Waals surface area (Å²) in [4.78, 5) is 15.4. The maximum absolute atomic E-state index is 13.3. The number of aromatic nitrogens is 1. The Balaban J connectivity index is 1.48. The molecule has 2 N–H and O–H groups in total. The predicted octanol–water partition coefficient (Wildman–Crippen LogP) is 4.92. The van der Waals surface area contributed by atoms with Crippen LogP contribution in [0.15, 0.2) is 54.7 Å². The van der Waals surface area contributed by atoms with Crippen molar-refractivity contribution in [2.24, 2.45) is 5.73 Å². The highest BCUT2D eigenvalue weighted by atomic mass is 16.2. The first-order chi connectivity index (χ1) is 14.2. The summed E-state index contributed by atoms with van der Waals surface area (Å²) in [7, 11) is 0. The molecule has 1 fully saturated rings. The number of carbonyl (C=O) groups excluding carboxylic acids is 1. The lowest BCUT2D eigenvalue weighted by Gasteiger charge is -2.32. The summed E-state index contributed by atoms with van der Waals surface area (Å²) >= 11 is 0. The standard InChI is InChI=1S/C25H31N3O/c1-2-3-14-28-18-23(22-6-4-5-7-24(22)28)25(29)27-15-12-21(13-16-27)20-10-8-19(17-26)9-11-20/h4-11,18,21H,2-3,12-17,26H2,1H3. The Bertz CT molecular complexity index is 965. The first kappa shape index (κ1) is 19.7. The molecule has 2 aromatic carbocycles. The van der Waals surface area contributed by atoms with Gasteiger partial charge in [-0.15, -0.1) is 0 Å². The second-order valence-electron chi connectivity index (χ2n) is 8.12. The highest BCUT2D eigenvalue weighted by Crippen LogP contribution is 2.30. The number of aryl methyl sites for hydroxylation is 1. The van der Waals surface area contributed by atoms with Crippen LogP contribution in [0.1, 0.15) is 60.0 Å². The Kier molecular flexibility index (Phi) is 6.00. The number of benzene rings is 2. The fourth-order valence-electron chi connectivity index (χ4n) is 4.44. The van der Waals surface area contributed by atoms with E-state index in [9.17, 15) is 4.79 Å². The summed E-state index contributed by atoms with van der Waals surface area (Å²) in [6.07, 6.45) is 6.38. The van der Waals surface area contributed by atoms with Gasteiger partial charge in [0.15, 0.2) is 0 Å². The van der Waals surface area contributed by atoms with Crippen molar-refractivity contribution in [2.45, 2.75) is 51.6 Å². The lowest BCUT2D eigenvalue weighted by molar-refractivity contribution is 0.0714. The van der Waals surface area contributed by atoms with E-state index >= 15 is 0 Å². The van der Waals surface area contributed by atoms with Crippen LogP contribution in [0.25, 0.3) is 10.9 Å². The fourth-order valence-corrected chi connectivity index (χ4v) is 4.44. The smallest absolute Gasteiger partial charge is 0.256 e. The summed E-state index contributed by atoms with van der Waals surface area (Å²) < 4.78 is 2.25. The number of likely N-dealkylation sites (tertiary alicyclic amines) is 1. The third-order valence-electron chi connectivity index (χ3n) is 6.24. The molecule has 1 aliphatic heterocycles. The molecule has 2 heterocycles. The monoisotopic (exact) mass is 389 g/mol. The zero-order chi connectivity index (χ0) is 20.2. The van der Waals surface area contributed by atoms with Crippen molar-refractivity contribution in [1.29, 1.82) is 0 Å². The Morgan fingerprint density at radius 1 is 1.07 bits per heavy atom. The number of amides is 1. The van der Waals surface area contributed by atoms with Crippen LogP contribution in [-0.4, -0.2) is 28.5 Å². The molecule has 4 rings (SSSR count). The minimum Gasteiger partial charge on any atom is -0.347 e. The Morgan fingerprint density at radius 2 is 1.79 bits per heavy atom. The number of unbranched alkanes of at least 4 members (excludes halogenated alkanes) is 1. The van der Waals surface area contributed by atoms with Crippen LogP contribution in [0.5, 0.6) is 0 Å². The molecule has 0 radical (unpaired) electrons. The summed E-state index contributed by atoms with van der Waals surface area (Å²) in [5.41, 5.74) is 10.3. The molecular weight excluding hydrogens is 358 g/mol. The number of para-hydroxylation sites is 1. The van der Waals surface area contributed by atoms with Gasteiger partial charge in [-0.25, -0.2) is 0 Å². The van der Waals surface area contributed by atoms with E-state index in [1.54, 1.807) is 0 Å². The minimum absolute atomic E-state index is 0.174. The van der Waals surface area contributed by atoms with Gasteiger partial charge < -0.3 is 15.2 Å². The Labute approximate surface area is 173 Å². The lowest BCUT2D eigenvalue weighted by atomic mass is 9.89. The Hall–Kier alpha value is -2.59. The molecule has 1 aromatic heterocycles. The molecule has 0 aliphatic carbocycles. The van der Waals surface area contributed by atoms with Gasteiger partial charge in [0, 0.05) is 43.3 Å². The number of rotatable bonds is 6. The molecule has 3 aromatic rings. The van der Waals surface area contributed by atoms with Gasteiger partial charge in [-0.3, -0.25) is 4.79 Å². The zero-order valence-corrected chi connectivity index (χ0v) is 17.3. The van der Waals surface area contributed by atoms with Gasteiger partial charge in [-0.2, -0.15) is 0 Å². The number of nitrogens with zero attached hydrogens (tertiary/aromatic N) is 2. The highest BCUT2D eigenvalue weighted by Gasteiger charge is 2.26. The molecule has 29 heavy (non-hydrogen) atoms. The maximum Gasteiger partial charge on any atom is 0.256 e. The van der Waals surface area contributed by atoms with Crippen molar-refractivity contribution in [1.82, 2.24) is 9.47 Å². The fraction of sp³-hybridized carbons (Fsp3) is 0.400. The molecule has 1 amide bonds. The van der Waals surface area contributed by atoms with Crippen molar-refractivity contribution in [3.8, 4) is 0 Å². The van der Waals surface area contributed by atoms with E-state index < -0.39 is 0 Å². The molecule has 0 bridgehead atoms. The molecule has 152 valence electrons. The normalized spacial score (nSPS) is 15.2. The molecule has 0 unspecified atom stereocenters. The summed E-state index contributed by atoms with van der Waals surface area (Å²) in [6.45, 7) is 5.38. The van der Waals surface area contributed by atoms with Crippen molar-refractivity contribution in [3.63, 3.8) is 0 Å². The number of nitrogens with two attached hydrogens (primary N) is 1. The van der Waals surface area contributed by atoms with Crippen molar-refractivity contribution in [2.75, 3.05) is 13.1 Å². The van der Waals surface area contributed by atoms with Crippen LogP contribution in [-0.2, 0) is 13.1 Å². The van der Waals surface area contributed by atoms with Crippen molar-refractivity contribution in [3.05, 3.63) is 71.4 Å². The quantitative estimate of drug-likeness (QED) is 0.650. The first-order valence-electron chi connectivity index (χ1n) is 10.9. The van der Waals surface area contributed by atoms with Crippen LogP contribution < -0.4 is 5.73 Å². The average molecular weight is 390 g/mol. The molecule has 1 saturated heterocycles. The first-order valence-corrected chi connectivity index (χ1v) is 10.9. The van der Waals surface area contributed by atoms with E-state index in [4.69, 9.17) is 5.73 Å². The SMILES string of the molecule is CCCCn1cc(C(=O)N2CCC(c3ccc(CN)cc3)CC2)c2ccccc21. The summed E-state index contributed by atoms with van der Waals surface area (Å²) in [5.74, 6) is 0.699. The van der Waals surface area contributed by atoms with Crippen molar-refractivity contribution < 1.29 is 4.79 Å². The van der Waals surface area contributed by atoms with E-state index in [0.29, 0.717) is 12.5 Å².